The number of hydrogen-bond donors (Lipinski definition) is 2. The van der Waals surface area contributed by atoms with Gasteiger partial charge < -0.3 is 5.11 Å². The summed E-state index contributed by atoms with van der Waals surface area (Å²) >= 11 is 8.29. The SMILES string of the molecule is O=c1cc(O)n(-c2ccc(Br)cc2)c(=S)[nH]1. The second kappa shape index (κ2) is 4.23. The minimum Gasteiger partial charge on any atom is -0.494 e. The van der Waals surface area contributed by atoms with Gasteiger partial charge in [0.15, 0.2) is 4.77 Å². The summed E-state index contributed by atoms with van der Waals surface area (Å²) in [6.07, 6.45) is 0. The number of nitrogens with one attached hydrogen (secondary N) is 1. The summed E-state index contributed by atoms with van der Waals surface area (Å²) in [5.74, 6) is -0.184. The Kier molecular flexibility index (Phi) is 2.93. The maximum atomic E-state index is 11.0. The van der Waals surface area contributed by atoms with Crippen molar-refractivity contribution >= 4 is 28.1 Å². The number of benzene rings is 1. The van der Waals surface area contributed by atoms with Crippen molar-refractivity contribution in [1.82, 2.24) is 9.55 Å². The predicted octanol–water partition coefficient (Wildman–Crippen LogP) is 2.36. The number of rotatable bonds is 1. The third-order valence-electron chi connectivity index (χ3n) is 2.01. The summed E-state index contributed by atoms with van der Waals surface area (Å²) in [7, 11) is 0. The molecule has 0 spiro atoms. The topological polar surface area (TPSA) is 58.0 Å². The molecular weight excluding hydrogens is 292 g/mol. The summed E-state index contributed by atoms with van der Waals surface area (Å²) < 4.78 is 2.46. The molecule has 1 aromatic carbocycles. The molecular formula is C10H7BrN2O2S. The Hall–Kier alpha value is -1.40. The third kappa shape index (κ3) is 2.07. The van der Waals surface area contributed by atoms with Gasteiger partial charge in [-0.25, -0.2) is 0 Å². The first kappa shape index (κ1) is 11.1. The molecule has 0 saturated carbocycles. The molecule has 2 N–H and O–H groups in total. The Balaban J connectivity index is 2.69. The van der Waals surface area contributed by atoms with Crippen LogP contribution in [0.5, 0.6) is 5.88 Å². The van der Waals surface area contributed by atoms with E-state index < -0.39 is 5.56 Å². The largest absolute Gasteiger partial charge is 0.494 e. The van der Waals surface area contributed by atoms with Gasteiger partial charge >= 0.3 is 0 Å². The molecule has 0 aliphatic rings. The van der Waals surface area contributed by atoms with Crippen molar-refractivity contribution < 1.29 is 5.11 Å². The van der Waals surface area contributed by atoms with E-state index in [-0.39, 0.29) is 10.7 Å². The fraction of sp³-hybridized carbons (Fsp3) is 0. The van der Waals surface area contributed by atoms with Crippen molar-refractivity contribution in [3.05, 3.63) is 49.9 Å². The van der Waals surface area contributed by atoms with Gasteiger partial charge in [-0.1, -0.05) is 15.9 Å². The Labute approximate surface area is 104 Å². The fourth-order valence-corrected chi connectivity index (χ4v) is 1.89. The Morgan fingerprint density at radius 1 is 1.31 bits per heavy atom. The monoisotopic (exact) mass is 298 g/mol. The highest BCUT2D eigenvalue weighted by atomic mass is 79.9. The van der Waals surface area contributed by atoms with Crippen molar-refractivity contribution in [3.63, 3.8) is 0 Å². The normalized spacial score (nSPS) is 10.3. The van der Waals surface area contributed by atoms with Gasteiger partial charge in [0.25, 0.3) is 5.56 Å². The summed E-state index contributed by atoms with van der Waals surface area (Å²) in [6, 6.07) is 8.27. The van der Waals surface area contributed by atoms with Crippen LogP contribution in [0.2, 0.25) is 0 Å². The van der Waals surface area contributed by atoms with E-state index in [1.165, 1.54) is 4.57 Å². The van der Waals surface area contributed by atoms with E-state index in [0.717, 1.165) is 10.5 Å². The highest BCUT2D eigenvalue weighted by Gasteiger charge is 2.04. The lowest BCUT2D eigenvalue weighted by Crippen LogP contribution is -2.10. The molecule has 4 nitrogen and oxygen atoms in total. The maximum absolute atomic E-state index is 11.0. The van der Waals surface area contributed by atoms with Crippen LogP contribution >= 0.6 is 28.1 Å². The number of hydrogen-bond acceptors (Lipinski definition) is 3. The van der Waals surface area contributed by atoms with Crippen molar-refractivity contribution in [2.24, 2.45) is 0 Å². The Morgan fingerprint density at radius 2 is 1.94 bits per heavy atom. The minimum absolute atomic E-state index is 0.160. The molecule has 0 amide bonds. The number of halogens is 1. The lowest BCUT2D eigenvalue weighted by Gasteiger charge is -2.08. The number of H-pyrrole nitrogens is 1. The molecule has 0 aliphatic carbocycles. The van der Waals surface area contributed by atoms with E-state index in [1.807, 2.05) is 12.1 Å². The van der Waals surface area contributed by atoms with E-state index in [1.54, 1.807) is 12.1 Å². The molecule has 0 unspecified atom stereocenters. The first-order chi connectivity index (χ1) is 7.58. The molecule has 0 radical (unpaired) electrons. The van der Waals surface area contributed by atoms with Gasteiger partial charge in [0, 0.05) is 4.47 Å². The van der Waals surface area contributed by atoms with Crippen LogP contribution in [0.15, 0.2) is 39.6 Å². The standard InChI is InChI=1S/C10H7BrN2O2S/c11-6-1-3-7(4-2-6)13-9(15)5-8(14)12-10(13)16/h1-5,15H,(H,12,14,16). The second-order valence-corrected chi connectivity index (χ2v) is 4.41. The predicted molar refractivity (Wildman–Crippen MR) is 66.6 cm³/mol. The Morgan fingerprint density at radius 3 is 2.50 bits per heavy atom. The van der Waals surface area contributed by atoms with Crippen LogP contribution in [0.3, 0.4) is 0 Å². The zero-order chi connectivity index (χ0) is 11.7. The first-order valence-corrected chi connectivity index (χ1v) is 5.59. The van der Waals surface area contributed by atoms with Crippen LogP contribution in [0.25, 0.3) is 5.69 Å². The van der Waals surface area contributed by atoms with E-state index in [2.05, 4.69) is 20.9 Å². The van der Waals surface area contributed by atoms with Crippen molar-refractivity contribution in [2.75, 3.05) is 0 Å². The molecule has 6 heteroatoms. The number of aromatic amines is 1. The quantitative estimate of drug-likeness (QED) is 0.795. The van der Waals surface area contributed by atoms with Gasteiger partial charge in [-0.2, -0.15) is 0 Å². The van der Waals surface area contributed by atoms with Crippen LogP contribution in [0, 0.1) is 4.77 Å². The molecule has 2 rings (SSSR count). The summed E-state index contributed by atoms with van der Waals surface area (Å²) in [5, 5.41) is 9.66. The number of aromatic hydroxyl groups is 1. The molecule has 0 fully saturated rings. The Bertz CT molecular complexity index is 631. The first-order valence-electron chi connectivity index (χ1n) is 4.39. The molecule has 0 saturated heterocycles. The van der Waals surface area contributed by atoms with Crippen molar-refractivity contribution in [3.8, 4) is 11.6 Å². The van der Waals surface area contributed by atoms with E-state index in [0.29, 0.717) is 5.69 Å². The fourth-order valence-electron chi connectivity index (χ4n) is 1.32. The molecule has 2 aromatic rings. The highest BCUT2D eigenvalue weighted by molar-refractivity contribution is 9.10. The van der Waals surface area contributed by atoms with Crippen LogP contribution in [0.4, 0.5) is 0 Å². The maximum Gasteiger partial charge on any atom is 0.255 e. The summed E-state index contributed by atoms with van der Waals surface area (Å²) in [4.78, 5) is 13.5. The molecule has 1 aromatic heterocycles. The van der Waals surface area contributed by atoms with E-state index in [4.69, 9.17) is 12.2 Å². The molecule has 0 atom stereocenters. The van der Waals surface area contributed by atoms with Crippen LogP contribution in [-0.2, 0) is 0 Å². The zero-order valence-electron chi connectivity index (χ0n) is 7.98. The zero-order valence-corrected chi connectivity index (χ0v) is 10.4. The van der Waals surface area contributed by atoms with Gasteiger partial charge in [-0.15, -0.1) is 0 Å². The van der Waals surface area contributed by atoms with Gasteiger partial charge in [0.2, 0.25) is 5.88 Å². The van der Waals surface area contributed by atoms with Crippen LogP contribution in [-0.4, -0.2) is 14.7 Å². The minimum atomic E-state index is -0.420. The lowest BCUT2D eigenvalue weighted by molar-refractivity contribution is 0.433. The summed E-state index contributed by atoms with van der Waals surface area (Å²) in [6.45, 7) is 0. The van der Waals surface area contributed by atoms with Crippen LogP contribution in [0.1, 0.15) is 0 Å². The van der Waals surface area contributed by atoms with Crippen molar-refractivity contribution in [1.29, 1.82) is 0 Å². The lowest BCUT2D eigenvalue weighted by atomic mass is 10.3. The number of nitrogens with zero attached hydrogens (tertiary/aromatic N) is 1. The van der Waals surface area contributed by atoms with Crippen molar-refractivity contribution in [2.45, 2.75) is 0 Å². The molecule has 0 bridgehead atoms. The molecule has 0 aliphatic heterocycles. The highest BCUT2D eigenvalue weighted by Crippen LogP contribution is 2.18. The third-order valence-corrected chi connectivity index (χ3v) is 2.82. The average molecular weight is 299 g/mol. The second-order valence-electron chi connectivity index (χ2n) is 3.11. The van der Waals surface area contributed by atoms with E-state index >= 15 is 0 Å². The van der Waals surface area contributed by atoms with Gasteiger partial charge in [-0.05, 0) is 36.5 Å². The number of aromatic nitrogens is 2. The molecule has 82 valence electrons. The van der Waals surface area contributed by atoms with Gasteiger partial charge in [0.05, 0.1) is 11.8 Å². The van der Waals surface area contributed by atoms with E-state index in [9.17, 15) is 9.90 Å². The summed E-state index contributed by atoms with van der Waals surface area (Å²) in [5.41, 5.74) is 0.262. The smallest absolute Gasteiger partial charge is 0.255 e. The van der Waals surface area contributed by atoms with Crippen LogP contribution < -0.4 is 5.56 Å². The average Bonchev–Trinajstić information content (AvgIpc) is 2.19. The van der Waals surface area contributed by atoms with Gasteiger partial charge in [0.1, 0.15) is 0 Å². The molecule has 1 heterocycles. The molecule has 16 heavy (non-hydrogen) atoms. The van der Waals surface area contributed by atoms with Gasteiger partial charge in [-0.3, -0.25) is 14.3 Å².